The number of nitrogens with one attached hydrogen (secondary N) is 3. The normalized spacial score (nSPS) is 12.5. The Morgan fingerprint density at radius 2 is 1.85 bits per heavy atom. The average molecular weight is 353 g/mol. The molecule has 0 aliphatic rings. The van der Waals surface area contributed by atoms with Gasteiger partial charge in [-0.3, -0.25) is 9.59 Å². The molecule has 5 N–H and O–H groups in total. The summed E-state index contributed by atoms with van der Waals surface area (Å²) in [5.41, 5.74) is 7.59. The Labute approximate surface area is 148 Å². The van der Waals surface area contributed by atoms with Crippen LogP contribution in [0, 0.1) is 0 Å². The van der Waals surface area contributed by atoms with Gasteiger partial charge in [-0.2, -0.15) is 0 Å². The number of para-hydroxylation sites is 1. The van der Waals surface area contributed by atoms with Crippen molar-refractivity contribution in [3.8, 4) is 5.75 Å². The first-order valence-electron chi connectivity index (χ1n) is 8.04. The third-order valence-corrected chi connectivity index (χ3v) is 3.99. The molecular weight excluding hydrogens is 334 g/mol. The zero-order valence-corrected chi connectivity index (χ0v) is 14.4. The van der Waals surface area contributed by atoms with Gasteiger partial charge in [-0.15, -0.1) is 0 Å². The Bertz CT molecular complexity index is 1170. The molecule has 2 aromatic heterocycles. The summed E-state index contributed by atoms with van der Waals surface area (Å²) in [6.07, 6.45) is 5.33. The van der Waals surface area contributed by atoms with Crippen molar-refractivity contribution in [1.29, 1.82) is 0 Å². The van der Waals surface area contributed by atoms with Gasteiger partial charge in [0.05, 0.1) is 24.8 Å². The highest BCUT2D eigenvalue weighted by Gasteiger charge is 2.05. The summed E-state index contributed by atoms with van der Waals surface area (Å²) < 4.78 is 5.16. The van der Waals surface area contributed by atoms with Crippen LogP contribution >= 0.6 is 0 Å². The van der Waals surface area contributed by atoms with E-state index in [1.807, 2.05) is 6.92 Å². The van der Waals surface area contributed by atoms with Gasteiger partial charge < -0.3 is 25.4 Å². The van der Waals surface area contributed by atoms with Gasteiger partial charge in [0.1, 0.15) is 16.4 Å². The first-order chi connectivity index (χ1) is 12.5. The number of ether oxygens (including phenoxy) is 1. The number of anilines is 1. The molecule has 1 aromatic carbocycles. The topological polar surface area (TPSA) is 130 Å². The molecule has 0 bridgehead atoms. The van der Waals surface area contributed by atoms with Gasteiger partial charge in [0.2, 0.25) is 0 Å². The number of benzene rings is 1. The van der Waals surface area contributed by atoms with E-state index in [4.69, 9.17) is 10.5 Å². The first kappa shape index (κ1) is 17.3. The van der Waals surface area contributed by atoms with Gasteiger partial charge in [-0.05, 0) is 24.6 Å². The maximum Gasteiger partial charge on any atom is 0.272 e. The summed E-state index contributed by atoms with van der Waals surface area (Å²) in [5, 5.41) is 0.234. The lowest BCUT2D eigenvalue weighted by molar-refractivity contribution is 0.417. The molecule has 0 radical (unpaired) electrons. The lowest BCUT2D eigenvalue weighted by atomic mass is 10.1. The molecule has 0 atom stereocenters. The quantitative estimate of drug-likeness (QED) is 0.474. The predicted molar refractivity (Wildman–Crippen MR) is 99.4 cm³/mol. The number of rotatable bonds is 4. The van der Waals surface area contributed by atoms with Gasteiger partial charge in [0.15, 0.2) is 0 Å². The lowest BCUT2D eigenvalue weighted by Crippen LogP contribution is -2.46. The van der Waals surface area contributed by atoms with Crippen LogP contribution < -0.4 is 32.3 Å². The molecule has 0 saturated heterocycles. The van der Waals surface area contributed by atoms with Gasteiger partial charge in [0, 0.05) is 11.3 Å². The molecule has 134 valence electrons. The minimum Gasteiger partial charge on any atom is -0.495 e. The number of nitrogens with zero attached hydrogens (tertiary/aromatic N) is 1. The summed E-state index contributed by atoms with van der Waals surface area (Å²) in [7, 11) is 1.51. The summed E-state index contributed by atoms with van der Waals surface area (Å²) in [5.74, 6) is 0.494. The Morgan fingerprint density at radius 3 is 2.50 bits per heavy atom. The van der Waals surface area contributed by atoms with Crippen molar-refractivity contribution in [3.63, 3.8) is 0 Å². The molecule has 3 aromatic rings. The van der Waals surface area contributed by atoms with Crippen LogP contribution in [0.3, 0.4) is 0 Å². The molecule has 8 nitrogen and oxygen atoms in total. The van der Waals surface area contributed by atoms with Gasteiger partial charge in [-0.1, -0.05) is 19.1 Å². The Kier molecular flexibility index (Phi) is 4.74. The van der Waals surface area contributed by atoms with Crippen LogP contribution in [-0.2, 0) is 6.42 Å². The number of aryl methyl sites for hydroxylation is 1. The van der Waals surface area contributed by atoms with E-state index in [1.54, 1.807) is 30.6 Å². The lowest BCUT2D eigenvalue weighted by Gasteiger charge is -2.06. The minimum absolute atomic E-state index is 0.102. The van der Waals surface area contributed by atoms with E-state index in [1.165, 1.54) is 13.2 Å². The van der Waals surface area contributed by atoms with Crippen molar-refractivity contribution in [2.45, 2.75) is 13.3 Å². The van der Waals surface area contributed by atoms with E-state index in [0.29, 0.717) is 22.7 Å². The molecule has 0 aliphatic heterocycles. The highest BCUT2D eigenvalue weighted by Crippen LogP contribution is 2.24. The number of aromatic nitrogens is 4. The fourth-order valence-corrected chi connectivity index (χ4v) is 2.59. The molecule has 0 unspecified atom stereocenters. The highest BCUT2D eigenvalue weighted by molar-refractivity contribution is 5.69. The van der Waals surface area contributed by atoms with Gasteiger partial charge in [0.25, 0.3) is 11.1 Å². The van der Waals surface area contributed by atoms with Crippen LogP contribution in [0.1, 0.15) is 23.9 Å². The Hall–Kier alpha value is -3.55. The summed E-state index contributed by atoms with van der Waals surface area (Å²) in [6, 6.07) is 5.19. The molecule has 26 heavy (non-hydrogen) atoms. The predicted octanol–water partition coefficient (Wildman–Crippen LogP) is -0.403. The number of imidazole rings is 1. The van der Waals surface area contributed by atoms with E-state index in [-0.39, 0.29) is 10.7 Å². The second kappa shape index (κ2) is 7.14. The van der Waals surface area contributed by atoms with Crippen molar-refractivity contribution in [3.05, 3.63) is 72.9 Å². The van der Waals surface area contributed by atoms with Crippen LogP contribution in [0.15, 0.2) is 34.1 Å². The maximum atomic E-state index is 12.4. The standard InChI is InChI=1S/C18H19N5O3/c1-3-11-12(21-9-20-11)8-14-18(25)22-13(17(24)23-14)7-10-5-4-6-15(26-2)16(10)19/h4-9H,3,19H2,1-2H3,(H,20,21)(H,22,25)(H,23,24)/b13-7-,14-8-. The number of hydrogen-bond acceptors (Lipinski definition) is 5. The van der Waals surface area contributed by atoms with Crippen molar-refractivity contribution in [1.82, 2.24) is 19.9 Å². The Balaban J connectivity index is 2.15. The Morgan fingerprint density at radius 1 is 1.15 bits per heavy atom. The second-order valence-electron chi connectivity index (χ2n) is 5.61. The summed E-state index contributed by atoms with van der Waals surface area (Å²) in [4.78, 5) is 37.0. The van der Waals surface area contributed by atoms with E-state index in [2.05, 4.69) is 19.9 Å². The largest absolute Gasteiger partial charge is 0.495 e. The third kappa shape index (κ3) is 3.30. The van der Waals surface area contributed by atoms with E-state index >= 15 is 0 Å². The number of nitrogens with two attached hydrogens (primary N) is 1. The fourth-order valence-electron chi connectivity index (χ4n) is 2.59. The number of methoxy groups -OCH3 is 1. The molecular formula is C18H19N5O3. The van der Waals surface area contributed by atoms with E-state index < -0.39 is 11.1 Å². The van der Waals surface area contributed by atoms with E-state index in [0.717, 1.165) is 12.1 Å². The van der Waals surface area contributed by atoms with Crippen LogP contribution in [0.4, 0.5) is 5.69 Å². The smallest absolute Gasteiger partial charge is 0.272 e. The maximum absolute atomic E-state index is 12.4. The fraction of sp³-hybridized carbons (Fsp3) is 0.167. The monoisotopic (exact) mass is 353 g/mol. The van der Waals surface area contributed by atoms with Gasteiger partial charge >= 0.3 is 0 Å². The molecule has 0 amide bonds. The van der Waals surface area contributed by atoms with Crippen molar-refractivity contribution in [2.75, 3.05) is 12.8 Å². The molecule has 2 heterocycles. The number of hydrogen-bond donors (Lipinski definition) is 4. The van der Waals surface area contributed by atoms with E-state index in [9.17, 15) is 9.59 Å². The minimum atomic E-state index is -0.438. The third-order valence-electron chi connectivity index (χ3n) is 3.99. The van der Waals surface area contributed by atoms with Crippen molar-refractivity contribution >= 4 is 17.8 Å². The molecule has 3 rings (SSSR count). The number of nitrogen functional groups attached to an aromatic ring is 1. The van der Waals surface area contributed by atoms with Crippen LogP contribution in [0.25, 0.3) is 12.2 Å². The first-order valence-corrected chi connectivity index (χ1v) is 8.04. The number of aromatic amines is 3. The molecule has 0 saturated carbocycles. The molecule has 0 aliphatic carbocycles. The van der Waals surface area contributed by atoms with Crippen LogP contribution in [-0.4, -0.2) is 27.0 Å². The van der Waals surface area contributed by atoms with Crippen LogP contribution in [0.5, 0.6) is 5.75 Å². The highest BCUT2D eigenvalue weighted by atomic mass is 16.5. The molecule has 8 heteroatoms. The van der Waals surface area contributed by atoms with Crippen molar-refractivity contribution < 1.29 is 4.74 Å². The number of H-pyrrole nitrogens is 3. The zero-order chi connectivity index (χ0) is 18.7. The SMILES string of the molecule is CCc1[nH]cnc1/C=c1\[nH]c(=O)/c(=C/c2cccc(OC)c2N)[nH]c1=O. The van der Waals surface area contributed by atoms with Crippen molar-refractivity contribution in [2.24, 2.45) is 0 Å². The molecule has 0 fully saturated rings. The summed E-state index contributed by atoms with van der Waals surface area (Å²) >= 11 is 0. The molecule has 0 spiro atoms. The van der Waals surface area contributed by atoms with Gasteiger partial charge in [-0.25, -0.2) is 4.98 Å². The zero-order valence-electron chi connectivity index (χ0n) is 14.4. The average Bonchev–Trinajstić information content (AvgIpc) is 3.08. The van der Waals surface area contributed by atoms with Crippen LogP contribution in [0.2, 0.25) is 0 Å². The second-order valence-corrected chi connectivity index (χ2v) is 5.61. The summed E-state index contributed by atoms with van der Waals surface area (Å²) in [6.45, 7) is 1.97.